The molecule has 0 amide bonds. The Kier molecular flexibility index (Phi) is 3.86. The highest BCUT2D eigenvalue weighted by molar-refractivity contribution is 5.75. The van der Waals surface area contributed by atoms with Gasteiger partial charge < -0.3 is 0 Å². The summed E-state index contributed by atoms with van der Waals surface area (Å²) in [5.74, 6) is 2.07. The van der Waals surface area contributed by atoms with Crippen LogP contribution < -0.4 is 0 Å². The molecule has 2 aliphatic rings. The number of rotatable bonds is 2. The zero-order valence-electron chi connectivity index (χ0n) is 11.2. The summed E-state index contributed by atoms with van der Waals surface area (Å²) in [6.45, 7) is 8.65. The first-order valence-electron chi connectivity index (χ1n) is 6.96. The van der Waals surface area contributed by atoms with Gasteiger partial charge in [-0.25, -0.2) is 0 Å². The van der Waals surface area contributed by atoms with E-state index in [-0.39, 0.29) is 0 Å². The highest BCUT2D eigenvalue weighted by Gasteiger charge is 2.33. The molecule has 0 bridgehead atoms. The van der Waals surface area contributed by atoms with Crippen LogP contribution in [-0.2, 0) is 4.79 Å². The molecule has 0 N–H and O–H groups in total. The van der Waals surface area contributed by atoms with E-state index in [1.165, 1.54) is 30.4 Å². The Bertz CT molecular complexity index is 351. The van der Waals surface area contributed by atoms with Crippen molar-refractivity contribution in [2.75, 3.05) is 0 Å². The first kappa shape index (κ1) is 12.6. The van der Waals surface area contributed by atoms with E-state index in [1.54, 1.807) is 0 Å². The van der Waals surface area contributed by atoms with Crippen molar-refractivity contribution < 1.29 is 4.79 Å². The standard InChI is InChI=1S/C16H24O/c1-11(2)13-5-4-6-14(10-17)15-8-7-12(3)16(15)9-13/h10,12-13,16H,1,4-9H2,2-3H3/b15-14-/t12-,13+,16-/m0/s1. The number of carbonyl (C=O) groups excluding carboxylic acids is 1. The number of allylic oxidation sites excluding steroid dienone is 3. The fraction of sp³-hybridized carbons (Fsp3) is 0.688. The minimum absolute atomic E-state index is 0.650. The quantitative estimate of drug-likeness (QED) is 0.512. The fourth-order valence-corrected chi connectivity index (χ4v) is 3.59. The molecule has 0 aromatic heterocycles. The lowest BCUT2D eigenvalue weighted by molar-refractivity contribution is -0.105. The lowest BCUT2D eigenvalue weighted by Gasteiger charge is -2.28. The first-order valence-corrected chi connectivity index (χ1v) is 6.96. The van der Waals surface area contributed by atoms with Crippen LogP contribution in [0.5, 0.6) is 0 Å². The van der Waals surface area contributed by atoms with Crippen molar-refractivity contribution in [3.63, 3.8) is 0 Å². The molecule has 0 aliphatic heterocycles. The normalized spacial score (nSPS) is 38.1. The molecular weight excluding hydrogens is 208 g/mol. The van der Waals surface area contributed by atoms with Gasteiger partial charge in [0, 0.05) is 0 Å². The van der Waals surface area contributed by atoms with Gasteiger partial charge in [0.2, 0.25) is 0 Å². The van der Waals surface area contributed by atoms with Crippen LogP contribution in [0.15, 0.2) is 23.3 Å². The van der Waals surface area contributed by atoms with Gasteiger partial charge in [0.25, 0.3) is 0 Å². The van der Waals surface area contributed by atoms with Gasteiger partial charge in [-0.05, 0) is 68.8 Å². The van der Waals surface area contributed by atoms with Crippen LogP contribution in [0.3, 0.4) is 0 Å². The molecule has 2 aliphatic carbocycles. The molecule has 94 valence electrons. The van der Waals surface area contributed by atoms with Crippen molar-refractivity contribution in [2.45, 2.75) is 52.4 Å². The van der Waals surface area contributed by atoms with Gasteiger partial charge in [0.15, 0.2) is 0 Å². The topological polar surface area (TPSA) is 17.1 Å². The van der Waals surface area contributed by atoms with E-state index in [0.717, 1.165) is 37.0 Å². The summed E-state index contributed by atoms with van der Waals surface area (Å²) >= 11 is 0. The average Bonchev–Trinajstić information content (AvgIpc) is 2.59. The number of carbonyl (C=O) groups is 1. The van der Waals surface area contributed by atoms with Gasteiger partial charge in [0.05, 0.1) is 0 Å². The Balaban J connectivity index is 2.28. The predicted octanol–water partition coefficient (Wildman–Crippen LogP) is 4.29. The minimum Gasteiger partial charge on any atom is -0.298 e. The molecule has 1 fully saturated rings. The molecular formula is C16H24O. The highest BCUT2D eigenvalue weighted by Crippen LogP contribution is 2.45. The van der Waals surface area contributed by atoms with Crippen LogP contribution in [0.25, 0.3) is 0 Å². The van der Waals surface area contributed by atoms with Gasteiger partial charge in [-0.3, -0.25) is 4.79 Å². The van der Waals surface area contributed by atoms with Crippen LogP contribution >= 0.6 is 0 Å². The van der Waals surface area contributed by atoms with Crippen molar-refractivity contribution in [2.24, 2.45) is 17.8 Å². The lowest BCUT2D eigenvalue weighted by Crippen LogP contribution is -2.17. The van der Waals surface area contributed by atoms with E-state index in [4.69, 9.17) is 0 Å². The molecule has 1 nitrogen and oxygen atoms in total. The summed E-state index contributed by atoms with van der Waals surface area (Å²) in [5.41, 5.74) is 3.94. The van der Waals surface area contributed by atoms with Crippen molar-refractivity contribution in [3.05, 3.63) is 23.3 Å². The van der Waals surface area contributed by atoms with E-state index in [9.17, 15) is 4.79 Å². The minimum atomic E-state index is 0.650. The van der Waals surface area contributed by atoms with Crippen LogP contribution in [0.2, 0.25) is 0 Å². The molecule has 0 aromatic carbocycles. The molecule has 0 radical (unpaired) electrons. The average molecular weight is 232 g/mol. The number of fused-ring (bicyclic) bond motifs is 1. The summed E-state index contributed by atoms with van der Waals surface area (Å²) < 4.78 is 0. The van der Waals surface area contributed by atoms with Gasteiger partial charge in [-0.1, -0.05) is 24.6 Å². The number of hydrogen-bond donors (Lipinski definition) is 0. The number of aldehydes is 1. The summed E-state index contributed by atoms with van der Waals surface area (Å²) in [4.78, 5) is 11.2. The van der Waals surface area contributed by atoms with Crippen LogP contribution in [0.4, 0.5) is 0 Å². The third-order valence-corrected chi connectivity index (χ3v) is 4.79. The second kappa shape index (κ2) is 5.20. The summed E-state index contributed by atoms with van der Waals surface area (Å²) in [7, 11) is 0. The monoisotopic (exact) mass is 232 g/mol. The maximum absolute atomic E-state index is 11.2. The van der Waals surface area contributed by atoms with E-state index in [2.05, 4.69) is 20.4 Å². The van der Waals surface area contributed by atoms with E-state index in [1.807, 2.05) is 0 Å². The molecule has 17 heavy (non-hydrogen) atoms. The Labute approximate surface area is 105 Å². The third-order valence-electron chi connectivity index (χ3n) is 4.79. The summed E-state index contributed by atoms with van der Waals surface area (Å²) in [6, 6.07) is 0. The molecule has 2 rings (SSSR count). The van der Waals surface area contributed by atoms with Crippen molar-refractivity contribution in [1.29, 1.82) is 0 Å². The van der Waals surface area contributed by atoms with Crippen molar-refractivity contribution in [3.8, 4) is 0 Å². The Morgan fingerprint density at radius 1 is 1.35 bits per heavy atom. The third kappa shape index (κ3) is 2.53. The van der Waals surface area contributed by atoms with Crippen molar-refractivity contribution in [1.82, 2.24) is 0 Å². The van der Waals surface area contributed by atoms with Crippen LogP contribution in [-0.4, -0.2) is 6.29 Å². The van der Waals surface area contributed by atoms with Gasteiger partial charge in [-0.15, -0.1) is 0 Å². The van der Waals surface area contributed by atoms with Gasteiger partial charge >= 0.3 is 0 Å². The molecule has 3 atom stereocenters. The molecule has 0 unspecified atom stereocenters. The second-order valence-electron chi connectivity index (χ2n) is 5.96. The van der Waals surface area contributed by atoms with E-state index < -0.39 is 0 Å². The van der Waals surface area contributed by atoms with Crippen LogP contribution in [0.1, 0.15) is 52.4 Å². The van der Waals surface area contributed by atoms with E-state index in [0.29, 0.717) is 11.8 Å². The Morgan fingerprint density at radius 2 is 2.12 bits per heavy atom. The molecule has 1 saturated carbocycles. The smallest absolute Gasteiger partial charge is 0.145 e. The van der Waals surface area contributed by atoms with E-state index >= 15 is 0 Å². The Hall–Kier alpha value is -0.850. The zero-order chi connectivity index (χ0) is 12.4. The first-order chi connectivity index (χ1) is 8.13. The zero-order valence-corrected chi connectivity index (χ0v) is 11.2. The summed E-state index contributed by atoms with van der Waals surface area (Å²) in [5, 5.41) is 0. The molecule has 1 heteroatoms. The predicted molar refractivity (Wildman–Crippen MR) is 71.8 cm³/mol. The van der Waals surface area contributed by atoms with Gasteiger partial charge in [0.1, 0.15) is 6.29 Å². The summed E-state index contributed by atoms with van der Waals surface area (Å²) in [6.07, 6.45) is 8.12. The molecule has 0 spiro atoms. The lowest BCUT2D eigenvalue weighted by atomic mass is 9.77. The van der Waals surface area contributed by atoms with Crippen LogP contribution in [0, 0.1) is 17.8 Å². The molecule has 0 heterocycles. The number of hydrogen-bond acceptors (Lipinski definition) is 1. The maximum Gasteiger partial charge on any atom is 0.145 e. The Morgan fingerprint density at radius 3 is 2.76 bits per heavy atom. The largest absolute Gasteiger partial charge is 0.298 e. The molecule has 0 aromatic rings. The highest BCUT2D eigenvalue weighted by atomic mass is 16.1. The fourth-order valence-electron chi connectivity index (χ4n) is 3.59. The second-order valence-corrected chi connectivity index (χ2v) is 5.96. The maximum atomic E-state index is 11.2. The van der Waals surface area contributed by atoms with Crippen molar-refractivity contribution >= 4 is 6.29 Å². The van der Waals surface area contributed by atoms with Gasteiger partial charge in [-0.2, -0.15) is 0 Å². The molecule has 0 saturated heterocycles. The SMILES string of the molecule is C=C(C)[C@@H]1CCC/C(C=O)=C2\CC[C@H](C)[C@@H]2C1.